The lowest BCUT2D eigenvalue weighted by atomic mass is 10.0. The van der Waals surface area contributed by atoms with Crippen LogP contribution in [0.2, 0.25) is 0 Å². The monoisotopic (exact) mass is 720 g/mol. The van der Waals surface area contributed by atoms with E-state index >= 15 is 0 Å². The van der Waals surface area contributed by atoms with Crippen LogP contribution in [0.25, 0.3) is 0 Å². The summed E-state index contributed by atoms with van der Waals surface area (Å²) in [7, 11) is 0. The second-order valence-electron chi connectivity index (χ2n) is 13.3. The number of nitrogens with one attached hydrogen (secondary N) is 1. The number of carboxylic acid groups (broad SMARTS) is 3. The number of Topliss-reactive ketones (excluding diaryl/α,β-unsaturated/α-hetero) is 1. The summed E-state index contributed by atoms with van der Waals surface area (Å²) in [5.41, 5.74) is 0.595. The molecule has 0 bridgehead atoms. The summed E-state index contributed by atoms with van der Waals surface area (Å²) in [6.45, 7) is 2.96. The van der Waals surface area contributed by atoms with Crippen molar-refractivity contribution in [2.24, 2.45) is 5.92 Å². The van der Waals surface area contributed by atoms with Gasteiger partial charge in [-0.1, -0.05) is 77.6 Å². The van der Waals surface area contributed by atoms with E-state index in [0.717, 1.165) is 51.4 Å². The highest BCUT2D eigenvalue weighted by Gasteiger charge is 2.18. The number of hydrogen-bond donors (Lipinski definition) is 4. The lowest BCUT2D eigenvalue weighted by Gasteiger charge is -2.24. The van der Waals surface area contributed by atoms with Gasteiger partial charge in [-0.25, -0.2) is 4.79 Å². The third kappa shape index (κ3) is 24.6. The van der Waals surface area contributed by atoms with E-state index in [1.54, 1.807) is 24.0 Å². The number of amides is 2. The highest BCUT2D eigenvalue weighted by Crippen LogP contribution is 2.25. The van der Waals surface area contributed by atoms with E-state index < -0.39 is 30.4 Å². The highest BCUT2D eigenvalue weighted by atomic mass is 16.5. The van der Waals surface area contributed by atoms with Gasteiger partial charge in [-0.2, -0.15) is 0 Å². The van der Waals surface area contributed by atoms with Crippen molar-refractivity contribution in [2.45, 2.75) is 136 Å². The zero-order valence-corrected chi connectivity index (χ0v) is 30.6. The first-order chi connectivity index (χ1) is 24.4. The zero-order valence-electron chi connectivity index (χ0n) is 30.6. The molecule has 0 unspecified atom stereocenters. The fourth-order valence-corrected chi connectivity index (χ4v) is 5.46. The topological polar surface area (TPSA) is 197 Å². The Hall–Kier alpha value is -4.16. The molecule has 0 aliphatic rings. The predicted octanol–water partition coefficient (Wildman–Crippen LogP) is 6.39. The maximum atomic E-state index is 13.4. The summed E-state index contributed by atoms with van der Waals surface area (Å²) < 4.78 is 10.9. The van der Waals surface area contributed by atoms with Crippen LogP contribution in [-0.2, 0) is 35.3 Å². The predicted molar refractivity (Wildman–Crippen MR) is 192 cm³/mol. The SMILES string of the molecule is CC(=O)COc1cc(CN(CCC(=O)NCCCC[C@H](C)C(=O)O)C(=O)CCCCCCCCCCCCCCC(=O)O)cc(OCC(=O)O)c1. The second-order valence-corrected chi connectivity index (χ2v) is 13.3. The Balaban J connectivity index is 2.68. The average Bonchev–Trinajstić information content (AvgIpc) is 3.07. The molecule has 1 aromatic rings. The van der Waals surface area contributed by atoms with Crippen molar-refractivity contribution in [1.29, 1.82) is 0 Å². The van der Waals surface area contributed by atoms with Crippen molar-refractivity contribution in [1.82, 2.24) is 10.2 Å². The molecule has 0 saturated heterocycles. The number of aliphatic carboxylic acids is 3. The molecule has 1 aromatic carbocycles. The first-order valence-corrected chi connectivity index (χ1v) is 18.5. The molecule has 0 aliphatic carbocycles. The molecule has 0 spiro atoms. The minimum atomic E-state index is -1.16. The summed E-state index contributed by atoms with van der Waals surface area (Å²) >= 11 is 0. The Morgan fingerprint density at radius 1 is 0.667 bits per heavy atom. The van der Waals surface area contributed by atoms with Crippen LogP contribution in [0.5, 0.6) is 11.5 Å². The van der Waals surface area contributed by atoms with Crippen LogP contribution < -0.4 is 14.8 Å². The van der Waals surface area contributed by atoms with Crippen LogP contribution in [0.4, 0.5) is 0 Å². The summed E-state index contributed by atoms with van der Waals surface area (Å²) in [5, 5.41) is 29.6. The number of unbranched alkanes of at least 4 members (excludes halogenated alkanes) is 12. The smallest absolute Gasteiger partial charge is 0.341 e. The van der Waals surface area contributed by atoms with E-state index in [4.69, 9.17) is 24.8 Å². The summed E-state index contributed by atoms with van der Waals surface area (Å²) in [4.78, 5) is 71.9. The van der Waals surface area contributed by atoms with E-state index in [2.05, 4.69) is 5.32 Å². The summed E-state index contributed by atoms with van der Waals surface area (Å²) in [6, 6.07) is 4.76. The molecule has 0 aliphatic heterocycles. The van der Waals surface area contributed by atoms with Gasteiger partial charge in [-0.15, -0.1) is 0 Å². The molecule has 0 aromatic heterocycles. The maximum Gasteiger partial charge on any atom is 0.341 e. The maximum absolute atomic E-state index is 13.4. The van der Waals surface area contributed by atoms with Gasteiger partial charge in [0.25, 0.3) is 0 Å². The van der Waals surface area contributed by atoms with Gasteiger partial charge < -0.3 is 35.0 Å². The number of carbonyl (C=O) groups excluding carboxylic acids is 3. The number of nitrogens with zero attached hydrogens (tertiary/aromatic N) is 1. The molecule has 51 heavy (non-hydrogen) atoms. The average molecular weight is 721 g/mol. The normalized spacial score (nSPS) is 11.4. The Kier molecular flexibility index (Phi) is 24.2. The lowest BCUT2D eigenvalue weighted by Crippen LogP contribution is -2.35. The van der Waals surface area contributed by atoms with E-state index in [9.17, 15) is 28.8 Å². The molecule has 4 N–H and O–H groups in total. The molecule has 13 heteroatoms. The van der Waals surface area contributed by atoms with E-state index in [0.29, 0.717) is 50.0 Å². The molecule has 0 radical (unpaired) electrons. The molecule has 1 atom stereocenters. The number of carboxylic acids is 3. The van der Waals surface area contributed by atoms with Crippen LogP contribution in [-0.4, -0.2) is 82.0 Å². The second kappa shape index (κ2) is 27.5. The van der Waals surface area contributed by atoms with Crippen LogP contribution in [0.15, 0.2) is 18.2 Å². The van der Waals surface area contributed by atoms with Crippen molar-refractivity contribution in [2.75, 3.05) is 26.3 Å². The standard InChI is InChI=1S/C38H60N2O11/c1-29(38(48)49)17-15-16-21-39-34(42)20-22-40(26-31-23-32(50-27-30(2)41)25-33(24-31)51-28-37(46)47)35(43)18-13-11-9-7-5-3-4-6-8-10-12-14-19-36(44)45/h23-25,29H,3-22,26-28H2,1-2H3,(H,39,42)(H,44,45)(H,46,47)(H,48,49)/t29-/m0/s1. The Labute approximate surface area is 302 Å². The number of ether oxygens (including phenoxy) is 2. The minimum absolute atomic E-state index is 0.0719. The third-order valence-corrected chi connectivity index (χ3v) is 8.42. The largest absolute Gasteiger partial charge is 0.486 e. The molecule has 0 saturated carbocycles. The van der Waals surface area contributed by atoms with E-state index in [1.165, 1.54) is 32.3 Å². The van der Waals surface area contributed by atoms with Gasteiger partial charge in [0.2, 0.25) is 11.8 Å². The van der Waals surface area contributed by atoms with Crippen molar-refractivity contribution in [3.8, 4) is 11.5 Å². The first kappa shape index (κ1) is 44.9. The third-order valence-electron chi connectivity index (χ3n) is 8.42. The first-order valence-electron chi connectivity index (χ1n) is 18.5. The molecule has 288 valence electrons. The summed E-state index contributed by atoms with van der Waals surface area (Å²) in [5.74, 6) is -3.20. The molecular formula is C38H60N2O11. The molecule has 2 amide bonds. The number of benzene rings is 1. The van der Waals surface area contributed by atoms with Crippen molar-refractivity contribution in [3.63, 3.8) is 0 Å². The van der Waals surface area contributed by atoms with Gasteiger partial charge in [0.15, 0.2) is 12.4 Å². The van der Waals surface area contributed by atoms with Gasteiger partial charge in [-0.05, 0) is 50.3 Å². The van der Waals surface area contributed by atoms with E-state index in [-0.39, 0.29) is 55.9 Å². The fraction of sp³-hybridized carbons (Fsp3) is 0.684. The van der Waals surface area contributed by atoms with Crippen molar-refractivity contribution < 1.29 is 53.6 Å². The Bertz CT molecular complexity index is 1180. The van der Waals surface area contributed by atoms with E-state index in [1.807, 2.05) is 0 Å². The number of ketones is 1. The highest BCUT2D eigenvalue weighted by molar-refractivity contribution is 5.79. The number of hydrogen-bond acceptors (Lipinski definition) is 8. The Morgan fingerprint density at radius 3 is 1.71 bits per heavy atom. The van der Waals surface area contributed by atoms with Crippen LogP contribution in [0, 0.1) is 5.92 Å². The van der Waals surface area contributed by atoms with Gasteiger partial charge in [0.1, 0.15) is 18.1 Å². The van der Waals surface area contributed by atoms with Gasteiger partial charge in [0.05, 0.1) is 5.92 Å². The van der Waals surface area contributed by atoms with Gasteiger partial charge in [-0.3, -0.25) is 24.0 Å². The lowest BCUT2D eigenvalue weighted by molar-refractivity contribution is -0.141. The molecule has 0 heterocycles. The molecule has 13 nitrogen and oxygen atoms in total. The number of carbonyl (C=O) groups is 6. The van der Waals surface area contributed by atoms with Crippen LogP contribution in [0.1, 0.15) is 135 Å². The minimum Gasteiger partial charge on any atom is -0.486 e. The van der Waals surface area contributed by atoms with Crippen molar-refractivity contribution >= 4 is 35.5 Å². The van der Waals surface area contributed by atoms with Crippen LogP contribution in [0.3, 0.4) is 0 Å². The Morgan fingerprint density at radius 2 is 1.20 bits per heavy atom. The van der Waals surface area contributed by atoms with Crippen LogP contribution >= 0.6 is 0 Å². The zero-order chi connectivity index (χ0) is 37.9. The number of rotatable bonds is 32. The quantitative estimate of drug-likeness (QED) is 0.0602. The summed E-state index contributed by atoms with van der Waals surface area (Å²) in [6.07, 6.45) is 14.8. The van der Waals surface area contributed by atoms with Crippen molar-refractivity contribution in [3.05, 3.63) is 23.8 Å². The fourth-order valence-electron chi connectivity index (χ4n) is 5.46. The van der Waals surface area contributed by atoms with Gasteiger partial charge in [0, 0.05) is 45.0 Å². The molecule has 1 rings (SSSR count). The molecule has 0 fully saturated rings. The van der Waals surface area contributed by atoms with Gasteiger partial charge >= 0.3 is 17.9 Å². The molecular weight excluding hydrogens is 660 g/mol.